The van der Waals surface area contributed by atoms with Gasteiger partial charge in [0.25, 0.3) is 0 Å². The van der Waals surface area contributed by atoms with Gasteiger partial charge in [-0.1, -0.05) is 41.6 Å². The molecule has 2 atom stereocenters. The molecule has 0 fully saturated rings. The van der Waals surface area contributed by atoms with Gasteiger partial charge < -0.3 is 18.7 Å². The van der Waals surface area contributed by atoms with Crippen molar-refractivity contribution < 1.29 is 36.7 Å². The molecule has 2 heterocycles. The number of carbonyl (C=O) groups excluding carboxylic acids is 1. The first kappa shape index (κ1) is 25.9. The van der Waals surface area contributed by atoms with Crippen molar-refractivity contribution in [2.24, 2.45) is 0 Å². The zero-order chi connectivity index (χ0) is 28.0. The molecule has 7 nitrogen and oxygen atoms in total. The van der Waals surface area contributed by atoms with Crippen LogP contribution in [-0.4, -0.2) is 29.8 Å². The maximum atomic E-state index is 14.1. The van der Waals surface area contributed by atoms with Gasteiger partial charge >= 0.3 is 12.1 Å². The summed E-state index contributed by atoms with van der Waals surface area (Å²) < 4.78 is 64.3. The van der Waals surface area contributed by atoms with E-state index in [0.29, 0.717) is 59.4 Å². The Morgan fingerprint density at radius 3 is 2.50 bits per heavy atom. The quantitative estimate of drug-likeness (QED) is 0.243. The molecule has 10 heteroatoms. The van der Waals surface area contributed by atoms with E-state index in [4.69, 9.17) is 18.7 Å². The van der Waals surface area contributed by atoms with Crippen LogP contribution in [0.3, 0.4) is 0 Å². The number of aromatic nitrogens is 2. The Kier molecular flexibility index (Phi) is 6.48. The molecular formula is C30H25F3N2O5. The van der Waals surface area contributed by atoms with E-state index in [-0.39, 0.29) is 23.9 Å². The lowest BCUT2D eigenvalue weighted by Gasteiger charge is -2.20. The van der Waals surface area contributed by atoms with E-state index in [0.717, 1.165) is 17.2 Å². The Balaban J connectivity index is 1.30. The van der Waals surface area contributed by atoms with Crippen LogP contribution in [0.4, 0.5) is 13.2 Å². The minimum Gasteiger partial charge on any atom is -0.492 e. The summed E-state index contributed by atoms with van der Waals surface area (Å²) in [7, 11) is 1.35. The van der Waals surface area contributed by atoms with Crippen LogP contribution in [0.5, 0.6) is 11.5 Å². The highest BCUT2D eigenvalue weighted by Crippen LogP contribution is 2.47. The Labute approximate surface area is 227 Å². The lowest BCUT2D eigenvalue weighted by atomic mass is 9.91. The summed E-state index contributed by atoms with van der Waals surface area (Å²) in [6.07, 6.45) is -3.74. The predicted molar refractivity (Wildman–Crippen MR) is 138 cm³/mol. The average molecular weight is 551 g/mol. The third kappa shape index (κ3) is 4.78. The van der Waals surface area contributed by atoms with Gasteiger partial charge in [-0.05, 0) is 47.2 Å². The lowest BCUT2D eigenvalue weighted by molar-refractivity contribution is -0.141. The summed E-state index contributed by atoms with van der Waals surface area (Å²) in [4.78, 5) is 15.9. The largest absolute Gasteiger partial charge is 0.492 e. The summed E-state index contributed by atoms with van der Waals surface area (Å²) in [5.74, 6) is 1.56. The van der Waals surface area contributed by atoms with E-state index in [1.807, 2.05) is 6.07 Å². The molecule has 2 aliphatic rings. The van der Waals surface area contributed by atoms with Crippen molar-refractivity contribution >= 4 is 5.97 Å². The molecule has 6 rings (SSSR count). The van der Waals surface area contributed by atoms with Crippen LogP contribution in [0.2, 0.25) is 0 Å². The number of esters is 1. The van der Waals surface area contributed by atoms with Crippen molar-refractivity contribution in [2.75, 3.05) is 13.7 Å². The molecule has 0 spiro atoms. The third-order valence-electron chi connectivity index (χ3n) is 7.40. The van der Waals surface area contributed by atoms with Gasteiger partial charge in [-0.15, -0.1) is 0 Å². The highest BCUT2D eigenvalue weighted by atomic mass is 19.4. The fourth-order valence-corrected chi connectivity index (χ4v) is 5.50. The predicted octanol–water partition coefficient (Wildman–Crippen LogP) is 6.84. The van der Waals surface area contributed by atoms with Crippen molar-refractivity contribution in [2.45, 2.75) is 44.4 Å². The summed E-state index contributed by atoms with van der Waals surface area (Å²) in [5, 5.41) is 3.88. The van der Waals surface area contributed by atoms with Gasteiger partial charge in [0.05, 0.1) is 25.7 Å². The number of aryl methyl sites for hydroxylation is 1. The second kappa shape index (κ2) is 10.0. The summed E-state index contributed by atoms with van der Waals surface area (Å²) in [6, 6.07) is 14.8. The molecule has 0 saturated heterocycles. The Morgan fingerprint density at radius 1 is 1.05 bits per heavy atom. The molecular weight excluding hydrogens is 525 g/mol. The number of methoxy groups -OCH3 is 1. The summed E-state index contributed by atoms with van der Waals surface area (Å²) in [5.41, 5.74) is 2.84. The molecule has 4 aromatic rings. The van der Waals surface area contributed by atoms with Gasteiger partial charge in [0.1, 0.15) is 17.6 Å². The minimum atomic E-state index is -4.52. The smallest absolute Gasteiger partial charge is 0.417 e. The van der Waals surface area contributed by atoms with Gasteiger partial charge in [-0.2, -0.15) is 18.2 Å². The highest BCUT2D eigenvalue weighted by molar-refractivity contribution is 5.76. The summed E-state index contributed by atoms with van der Waals surface area (Å²) in [6.45, 7) is 2.04. The van der Waals surface area contributed by atoms with Crippen LogP contribution < -0.4 is 9.47 Å². The average Bonchev–Trinajstić information content (AvgIpc) is 3.66. The van der Waals surface area contributed by atoms with Crippen molar-refractivity contribution in [1.29, 1.82) is 0 Å². The van der Waals surface area contributed by atoms with Crippen molar-refractivity contribution in [3.8, 4) is 34.0 Å². The summed E-state index contributed by atoms with van der Waals surface area (Å²) >= 11 is 0. The molecule has 3 aromatic carbocycles. The SMILES string of the molecule is COC(=O)CC1COc2cc(OC3CCc4c3ccc(C(F)(F)F)c4-c3ccc(-c4noc(C)n4)cc3)ccc21. The van der Waals surface area contributed by atoms with Gasteiger partial charge in [0, 0.05) is 30.0 Å². The molecule has 1 aromatic heterocycles. The van der Waals surface area contributed by atoms with Crippen LogP contribution in [0.1, 0.15) is 53.0 Å². The third-order valence-corrected chi connectivity index (χ3v) is 7.40. The molecule has 1 aliphatic heterocycles. The van der Waals surface area contributed by atoms with E-state index in [1.165, 1.54) is 13.2 Å². The number of ether oxygens (including phenoxy) is 3. The number of rotatable bonds is 6. The Hall–Kier alpha value is -4.34. The second-order valence-electron chi connectivity index (χ2n) is 9.90. The first-order valence-corrected chi connectivity index (χ1v) is 12.9. The monoisotopic (exact) mass is 550 g/mol. The van der Waals surface area contributed by atoms with Crippen molar-refractivity contribution in [3.05, 3.63) is 82.7 Å². The number of benzene rings is 3. The van der Waals surface area contributed by atoms with E-state index < -0.39 is 17.8 Å². The van der Waals surface area contributed by atoms with Crippen LogP contribution in [-0.2, 0) is 22.1 Å². The van der Waals surface area contributed by atoms with E-state index >= 15 is 0 Å². The molecule has 206 valence electrons. The molecule has 0 bridgehead atoms. The first-order valence-electron chi connectivity index (χ1n) is 12.9. The molecule has 40 heavy (non-hydrogen) atoms. The molecule has 2 unspecified atom stereocenters. The number of hydrogen-bond donors (Lipinski definition) is 0. The zero-order valence-corrected chi connectivity index (χ0v) is 21.7. The van der Waals surface area contributed by atoms with Crippen LogP contribution in [0, 0.1) is 6.92 Å². The molecule has 0 saturated carbocycles. The number of alkyl halides is 3. The normalized spacial score (nSPS) is 17.7. The van der Waals surface area contributed by atoms with E-state index in [1.54, 1.807) is 43.3 Å². The Bertz CT molecular complexity index is 1580. The van der Waals surface area contributed by atoms with Gasteiger partial charge in [-0.3, -0.25) is 4.79 Å². The van der Waals surface area contributed by atoms with Crippen molar-refractivity contribution in [1.82, 2.24) is 10.1 Å². The van der Waals surface area contributed by atoms with Gasteiger partial charge in [-0.25, -0.2) is 0 Å². The zero-order valence-electron chi connectivity index (χ0n) is 21.7. The minimum absolute atomic E-state index is 0.0949. The number of carbonyl (C=O) groups is 1. The number of nitrogens with zero attached hydrogens (tertiary/aromatic N) is 2. The van der Waals surface area contributed by atoms with Crippen molar-refractivity contribution in [3.63, 3.8) is 0 Å². The highest BCUT2D eigenvalue weighted by Gasteiger charge is 2.38. The molecule has 0 amide bonds. The fraction of sp³-hybridized carbons (Fsp3) is 0.300. The molecule has 0 N–H and O–H groups in total. The molecule has 1 aliphatic carbocycles. The van der Waals surface area contributed by atoms with Gasteiger partial charge in [0.2, 0.25) is 11.7 Å². The Morgan fingerprint density at radius 2 is 1.80 bits per heavy atom. The number of hydrogen-bond acceptors (Lipinski definition) is 7. The molecule has 0 radical (unpaired) electrons. The van der Waals surface area contributed by atoms with E-state index in [9.17, 15) is 18.0 Å². The van der Waals surface area contributed by atoms with Crippen LogP contribution >= 0.6 is 0 Å². The lowest BCUT2D eigenvalue weighted by Crippen LogP contribution is -2.10. The standard InChI is InChI=1S/C30H25F3N2O5/c1-16-34-29(35-40-16)18-5-3-17(4-6-18)28-23-10-12-25(22(23)9-11-24(28)30(31,32)33)39-20-7-8-21-19(13-27(36)37-2)15-38-26(21)14-20/h3-9,11,14,19,25H,10,12-13,15H2,1-2H3. The van der Waals surface area contributed by atoms with Crippen LogP contribution in [0.15, 0.2) is 59.1 Å². The first-order chi connectivity index (χ1) is 19.2. The second-order valence-corrected chi connectivity index (χ2v) is 9.90. The number of halogens is 3. The number of fused-ring (bicyclic) bond motifs is 2. The maximum absolute atomic E-state index is 14.1. The van der Waals surface area contributed by atoms with Gasteiger partial charge in [0.15, 0.2) is 0 Å². The fourth-order valence-electron chi connectivity index (χ4n) is 5.50. The topological polar surface area (TPSA) is 83.7 Å². The van der Waals surface area contributed by atoms with E-state index in [2.05, 4.69) is 10.1 Å². The van der Waals surface area contributed by atoms with Crippen LogP contribution in [0.25, 0.3) is 22.5 Å². The maximum Gasteiger partial charge on any atom is 0.417 e.